The first-order valence-corrected chi connectivity index (χ1v) is 9.66. The highest BCUT2D eigenvalue weighted by atomic mass is 19.4. The summed E-state index contributed by atoms with van der Waals surface area (Å²) in [6.45, 7) is 1.97. The largest absolute Gasteiger partial charge is 0.493 e. The Kier molecular flexibility index (Phi) is 6.33. The van der Waals surface area contributed by atoms with E-state index < -0.39 is 58.9 Å². The second-order valence-corrected chi connectivity index (χ2v) is 7.70. The third-order valence-electron chi connectivity index (χ3n) is 5.82. The quantitative estimate of drug-likeness (QED) is 0.647. The zero-order valence-electron chi connectivity index (χ0n) is 17.7. The van der Waals surface area contributed by atoms with Gasteiger partial charge in [-0.1, -0.05) is 19.1 Å². The molecule has 33 heavy (non-hydrogen) atoms. The van der Waals surface area contributed by atoms with E-state index in [1.165, 1.54) is 25.1 Å². The van der Waals surface area contributed by atoms with Crippen LogP contribution >= 0.6 is 0 Å². The van der Waals surface area contributed by atoms with Gasteiger partial charge in [0.2, 0.25) is 5.82 Å². The minimum Gasteiger partial charge on any atom is -0.493 e. The van der Waals surface area contributed by atoms with Gasteiger partial charge in [0.1, 0.15) is 17.6 Å². The molecule has 1 aliphatic heterocycles. The van der Waals surface area contributed by atoms with E-state index in [9.17, 15) is 31.5 Å². The number of nitrogens with zero attached hydrogens (tertiary/aromatic N) is 1. The molecule has 1 aromatic heterocycles. The second-order valence-electron chi connectivity index (χ2n) is 7.70. The molecule has 0 radical (unpaired) electrons. The van der Waals surface area contributed by atoms with Gasteiger partial charge in [0.25, 0.3) is 11.8 Å². The zero-order chi connectivity index (χ0) is 24.7. The van der Waals surface area contributed by atoms with Crippen molar-refractivity contribution < 1.29 is 41.0 Å². The molecular weight excluding hydrogens is 453 g/mol. The second kappa shape index (κ2) is 8.58. The summed E-state index contributed by atoms with van der Waals surface area (Å²) in [7, 11) is 1.03. The van der Waals surface area contributed by atoms with Gasteiger partial charge in [-0.05, 0) is 25.1 Å². The minimum absolute atomic E-state index is 0.163. The molecule has 0 aliphatic carbocycles. The number of carbonyl (C=O) groups is 2. The lowest BCUT2D eigenvalue weighted by Gasteiger charge is -2.32. The van der Waals surface area contributed by atoms with Crippen LogP contribution in [-0.2, 0) is 9.53 Å². The molecular formula is C21H20F5N3O4. The maximum Gasteiger partial charge on any atom is 0.417 e. The normalized spacial score (nSPS) is 25.0. The Morgan fingerprint density at radius 3 is 2.45 bits per heavy atom. The molecule has 1 fully saturated rings. The summed E-state index contributed by atoms with van der Waals surface area (Å²) >= 11 is 0. The molecule has 0 spiro atoms. The summed E-state index contributed by atoms with van der Waals surface area (Å²) in [6.07, 6.45) is -6.68. The van der Waals surface area contributed by atoms with Crippen molar-refractivity contribution in [2.24, 2.45) is 11.7 Å². The molecule has 0 saturated carbocycles. The summed E-state index contributed by atoms with van der Waals surface area (Å²) in [5, 5.41) is 2.29. The van der Waals surface area contributed by atoms with Gasteiger partial charge < -0.3 is 20.5 Å². The molecule has 2 aromatic rings. The smallest absolute Gasteiger partial charge is 0.417 e. The number of alkyl halides is 3. The SMILES string of the molecule is COc1c([C@H]2[C@H](C(=O)Nc3cccc(C(N)=O)n3)O[C@@](C)(C(F)(F)F)[C@H]2C)ccc(F)c1F. The van der Waals surface area contributed by atoms with E-state index in [0.717, 1.165) is 26.2 Å². The topological polar surface area (TPSA) is 104 Å². The van der Waals surface area contributed by atoms with Gasteiger partial charge in [-0.2, -0.15) is 17.6 Å². The Labute approximate surface area is 185 Å². The lowest BCUT2D eigenvalue weighted by molar-refractivity contribution is -0.272. The maximum atomic E-state index is 14.3. The number of nitrogens with two attached hydrogens (primary N) is 1. The number of halogens is 5. The average molecular weight is 473 g/mol. The number of rotatable bonds is 5. The van der Waals surface area contributed by atoms with Crippen molar-refractivity contribution >= 4 is 17.6 Å². The summed E-state index contributed by atoms with van der Waals surface area (Å²) in [5.74, 6) is -8.17. The van der Waals surface area contributed by atoms with Gasteiger partial charge in [-0.3, -0.25) is 9.59 Å². The summed E-state index contributed by atoms with van der Waals surface area (Å²) in [4.78, 5) is 28.2. The Morgan fingerprint density at radius 1 is 1.21 bits per heavy atom. The molecule has 3 rings (SSSR count). The van der Waals surface area contributed by atoms with E-state index in [1.54, 1.807) is 0 Å². The number of primary amides is 1. The van der Waals surface area contributed by atoms with Crippen LogP contribution in [0.4, 0.5) is 27.8 Å². The third-order valence-corrected chi connectivity index (χ3v) is 5.82. The molecule has 2 heterocycles. The third kappa shape index (κ3) is 4.22. The van der Waals surface area contributed by atoms with Crippen molar-refractivity contribution in [3.05, 3.63) is 53.2 Å². The number of hydrogen-bond donors (Lipinski definition) is 2. The van der Waals surface area contributed by atoms with Crippen molar-refractivity contribution in [1.82, 2.24) is 4.98 Å². The Morgan fingerprint density at radius 2 is 1.88 bits per heavy atom. The van der Waals surface area contributed by atoms with Gasteiger partial charge >= 0.3 is 6.18 Å². The first-order chi connectivity index (χ1) is 15.3. The number of pyridine rings is 1. The van der Waals surface area contributed by atoms with E-state index in [4.69, 9.17) is 15.2 Å². The molecule has 1 aliphatic rings. The van der Waals surface area contributed by atoms with Gasteiger partial charge in [0.05, 0.1) is 7.11 Å². The Hall–Kier alpha value is -3.28. The summed E-state index contributed by atoms with van der Waals surface area (Å²) in [6, 6.07) is 5.71. The number of nitrogens with one attached hydrogen (secondary N) is 1. The van der Waals surface area contributed by atoms with Crippen LogP contribution < -0.4 is 15.8 Å². The van der Waals surface area contributed by atoms with Crippen LogP contribution in [0, 0.1) is 17.6 Å². The number of amides is 2. The van der Waals surface area contributed by atoms with Crippen molar-refractivity contribution in [2.45, 2.75) is 37.6 Å². The number of aromatic nitrogens is 1. The van der Waals surface area contributed by atoms with E-state index in [0.29, 0.717) is 0 Å². The van der Waals surface area contributed by atoms with Crippen molar-refractivity contribution in [3.8, 4) is 5.75 Å². The summed E-state index contributed by atoms with van der Waals surface area (Å²) < 4.78 is 80.0. The van der Waals surface area contributed by atoms with Gasteiger partial charge in [-0.25, -0.2) is 9.37 Å². The molecule has 7 nitrogen and oxygen atoms in total. The van der Waals surface area contributed by atoms with Crippen LogP contribution in [0.5, 0.6) is 5.75 Å². The highest BCUT2D eigenvalue weighted by Crippen LogP contribution is 2.54. The highest BCUT2D eigenvalue weighted by Gasteiger charge is 2.65. The zero-order valence-corrected chi connectivity index (χ0v) is 17.7. The standard InChI is InChI=1S/C21H20F5N3O4/c1-9-14(10-7-8-11(22)15(23)16(10)32-3)17(33-20(9,2)21(24,25)26)19(31)29-13-6-4-5-12(28-13)18(27)30/h4-9,14,17H,1-3H3,(H2,27,30)(H,28,29,31)/t9-,14-,17+,20+/m0/s1. The lowest BCUT2D eigenvalue weighted by Crippen LogP contribution is -2.47. The molecule has 178 valence electrons. The van der Waals surface area contributed by atoms with Crippen LogP contribution in [0.2, 0.25) is 0 Å². The van der Waals surface area contributed by atoms with Crippen LogP contribution in [0.25, 0.3) is 0 Å². The Bertz CT molecular complexity index is 1090. The van der Waals surface area contributed by atoms with Crippen LogP contribution in [0.1, 0.15) is 35.8 Å². The first kappa shape index (κ1) is 24.4. The van der Waals surface area contributed by atoms with Crippen molar-refractivity contribution in [3.63, 3.8) is 0 Å². The maximum absolute atomic E-state index is 14.3. The number of ether oxygens (including phenoxy) is 2. The van der Waals surface area contributed by atoms with Crippen LogP contribution in [0.3, 0.4) is 0 Å². The molecule has 3 N–H and O–H groups in total. The molecule has 4 atom stereocenters. The summed E-state index contributed by atoms with van der Waals surface area (Å²) in [5.41, 5.74) is 2.00. The van der Waals surface area contributed by atoms with Crippen LogP contribution in [0.15, 0.2) is 30.3 Å². The number of carbonyl (C=O) groups excluding carboxylic acids is 2. The first-order valence-electron chi connectivity index (χ1n) is 9.66. The molecule has 1 aromatic carbocycles. The van der Waals surface area contributed by atoms with E-state index in [-0.39, 0.29) is 17.1 Å². The molecule has 0 unspecified atom stereocenters. The van der Waals surface area contributed by atoms with Gasteiger partial charge in [0.15, 0.2) is 17.2 Å². The fourth-order valence-electron chi connectivity index (χ4n) is 3.88. The Balaban J connectivity index is 2.07. The lowest BCUT2D eigenvalue weighted by atomic mass is 9.77. The van der Waals surface area contributed by atoms with Gasteiger partial charge in [0, 0.05) is 17.4 Å². The van der Waals surface area contributed by atoms with Gasteiger partial charge in [-0.15, -0.1) is 0 Å². The van der Waals surface area contributed by atoms with E-state index in [2.05, 4.69) is 10.3 Å². The number of anilines is 1. The molecule has 1 saturated heterocycles. The average Bonchev–Trinajstić information content (AvgIpc) is 3.02. The fraction of sp³-hybridized carbons (Fsp3) is 0.381. The van der Waals surface area contributed by atoms with E-state index >= 15 is 0 Å². The molecule has 0 bridgehead atoms. The number of methoxy groups -OCH3 is 1. The molecule has 12 heteroatoms. The van der Waals surface area contributed by atoms with Crippen molar-refractivity contribution in [2.75, 3.05) is 12.4 Å². The monoisotopic (exact) mass is 473 g/mol. The predicted molar refractivity (Wildman–Crippen MR) is 106 cm³/mol. The minimum atomic E-state index is -4.89. The fourth-order valence-corrected chi connectivity index (χ4v) is 3.88. The number of hydrogen-bond acceptors (Lipinski definition) is 5. The number of benzene rings is 1. The van der Waals surface area contributed by atoms with E-state index in [1.807, 2.05) is 0 Å². The van der Waals surface area contributed by atoms with Crippen LogP contribution in [-0.4, -0.2) is 41.8 Å². The highest BCUT2D eigenvalue weighted by molar-refractivity contribution is 5.96. The predicted octanol–water partition coefficient (Wildman–Crippen LogP) is 3.55. The van der Waals surface area contributed by atoms with Crippen molar-refractivity contribution in [1.29, 1.82) is 0 Å². The molecule has 2 amide bonds.